The molecule has 1 heterocycles. The molecule has 4 rings (SSSR count). The number of fused-ring (bicyclic) bond motifs is 2. The van der Waals surface area contributed by atoms with E-state index in [4.69, 9.17) is 4.74 Å². The lowest BCUT2D eigenvalue weighted by Gasteiger charge is -2.26. The van der Waals surface area contributed by atoms with Crippen molar-refractivity contribution < 1.29 is 4.74 Å². The van der Waals surface area contributed by atoms with E-state index in [-0.39, 0.29) is 6.10 Å². The molecular formula is C21H21NO. The Balaban J connectivity index is 1.39. The minimum Gasteiger partial charge on any atom is -0.489 e. The average molecular weight is 303 g/mol. The summed E-state index contributed by atoms with van der Waals surface area (Å²) in [6.45, 7) is 1.76. The van der Waals surface area contributed by atoms with Gasteiger partial charge in [-0.3, -0.25) is 0 Å². The summed E-state index contributed by atoms with van der Waals surface area (Å²) < 4.78 is 6.09. The van der Waals surface area contributed by atoms with E-state index in [1.54, 1.807) is 0 Å². The first-order chi connectivity index (χ1) is 11.4. The summed E-state index contributed by atoms with van der Waals surface area (Å²) in [5, 5.41) is 6.20. The molecule has 3 aromatic carbocycles. The summed E-state index contributed by atoms with van der Waals surface area (Å²) in [6.07, 6.45) is 2.45. The van der Waals surface area contributed by atoms with E-state index in [2.05, 4.69) is 66.0 Å². The maximum atomic E-state index is 6.09. The van der Waals surface area contributed by atoms with Crippen molar-refractivity contribution >= 4 is 10.8 Å². The van der Waals surface area contributed by atoms with Crippen LogP contribution in [-0.2, 0) is 13.0 Å². The number of rotatable bonds is 4. The van der Waals surface area contributed by atoms with Crippen LogP contribution < -0.4 is 10.1 Å². The largest absolute Gasteiger partial charge is 0.489 e. The molecule has 0 spiro atoms. The van der Waals surface area contributed by atoms with Crippen molar-refractivity contribution in [3.05, 3.63) is 77.9 Å². The Labute approximate surface area is 137 Å². The zero-order valence-electron chi connectivity index (χ0n) is 13.2. The van der Waals surface area contributed by atoms with Crippen LogP contribution in [0.25, 0.3) is 10.8 Å². The van der Waals surface area contributed by atoms with Crippen LogP contribution in [0.5, 0.6) is 5.75 Å². The molecular weight excluding hydrogens is 282 g/mol. The van der Waals surface area contributed by atoms with Crippen molar-refractivity contribution in [2.24, 2.45) is 0 Å². The summed E-state index contributed by atoms with van der Waals surface area (Å²) in [6, 6.07) is 23.4. The van der Waals surface area contributed by atoms with Gasteiger partial charge in [0.1, 0.15) is 11.9 Å². The lowest BCUT2D eigenvalue weighted by molar-refractivity contribution is 0.170. The van der Waals surface area contributed by atoms with E-state index < -0.39 is 0 Å². The van der Waals surface area contributed by atoms with Gasteiger partial charge in [0.25, 0.3) is 0 Å². The van der Waals surface area contributed by atoms with E-state index in [1.165, 1.54) is 21.9 Å². The van der Waals surface area contributed by atoms with E-state index in [9.17, 15) is 0 Å². The number of hydrogen-bond donors (Lipinski definition) is 1. The fourth-order valence-electron chi connectivity index (χ4n) is 3.34. The highest BCUT2D eigenvalue weighted by molar-refractivity contribution is 5.85. The third kappa shape index (κ3) is 3.08. The second-order valence-electron chi connectivity index (χ2n) is 6.16. The molecule has 0 amide bonds. The van der Waals surface area contributed by atoms with Gasteiger partial charge in [-0.2, -0.15) is 0 Å². The van der Waals surface area contributed by atoms with Crippen LogP contribution in [-0.4, -0.2) is 12.6 Å². The van der Waals surface area contributed by atoms with Crippen LogP contribution in [0.15, 0.2) is 66.7 Å². The molecule has 0 bridgehead atoms. The quantitative estimate of drug-likeness (QED) is 0.775. The Hall–Kier alpha value is -2.32. The number of nitrogens with one attached hydrogen (secondary N) is 1. The van der Waals surface area contributed by atoms with Crippen molar-refractivity contribution in [1.29, 1.82) is 0 Å². The van der Waals surface area contributed by atoms with E-state index in [1.807, 2.05) is 6.07 Å². The number of hydrogen-bond acceptors (Lipinski definition) is 2. The number of aryl methyl sites for hydroxylation is 1. The van der Waals surface area contributed by atoms with E-state index >= 15 is 0 Å². The molecule has 0 aliphatic carbocycles. The van der Waals surface area contributed by atoms with Gasteiger partial charge in [0.15, 0.2) is 0 Å². The van der Waals surface area contributed by atoms with Gasteiger partial charge in [-0.15, -0.1) is 0 Å². The van der Waals surface area contributed by atoms with Crippen molar-refractivity contribution in [3.63, 3.8) is 0 Å². The van der Waals surface area contributed by atoms with Gasteiger partial charge < -0.3 is 10.1 Å². The normalized spacial score (nSPS) is 16.8. The number of ether oxygens (including phenoxy) is 1. The molecule has 1 N–H and O–H groups in total. The first-order valence-electron chi connectivity index (χ1n) is 8.32. The summed E-state index contributed by atoms with van der Waals surface area (Å²) in [5.74, 6) is 1.05. The van der Waals surface area contributed by atoms with Crippen LogP contribution in [0, 0.1) is 0 Å². The molecule has 1 atom stereocenters. The molecule has 0 radical (unpaired) electrons. The molecule has 23 heavy (non-hydrogen) atoms. The second kappa shape index (κ2) is 6.43. The minimum atomic E-state index is 0.264. The Morgan fingerprint density at radius 1 is 0.913 bits per heavy atom. The fraction of sp³-hybridized carbons (Fsp3) is 0.238. The zero-order chi connectivity index (χ0) is 15.5. The first kappa shape index (κ1) is 14.3. The highest BCUT2D eigenvalue weighted by Gasteiger charge is 2.18. The number of para-hydroxylation sites is 1. The van der Waals surface area contributed by atoms with Gasteiger partial charge >= 0.3 is 0 Å². The van der Waals surface area contributed by atoms with Crippen LogP contribution >= 0.6 is 0 Å². The Bertz CT molecular complexity index is 806. The van der Waals surface area contributed by atoms with Crippen molar-refractivity contribution in [2.45, 2.75) is 25.5 Å². The van der Waals surface area contributed by atoms with Gasteiger partial charge in [0.2, 0.25) is 0 Å². The van der Waals surface area contributed by atoms with Crippen LogP contribution in [0.2, 0.25) is 0 Å². The van der Waals surface area contributed by atoms with Crippen LogP contribution in [0.3, 0.4) is 0 Å². The molecule has 0 aromatic heterocycles. The molecule has 1 aliphatic heterocycles. The van der Waals surface area contributed by atoms with E-state index in [0.717, 1.165) is 31.7 Å². The van der Waals surface area contributed by atoms with Gasteiger partial charge in [-0.25, -0.2) is 0 Å². The highest BCUT2D eigenvalue weighted by atomic mass is 16.5. The molecule has 2 nitrogen and oxygen atoms in total. The maximum absolute atomic E-state index is 6.09. The standard InChI is InChI=1S/C21H21NO/c1-3-10-20-16(6-1)8-5-9-18(20)14-22-15-19-13-12-17-7-2-4-11-21(17)23-19/h1-11,19,22H,12-15H2/t19-/m1/s1. The number of benzene rings is 3. The van der Waals surface area contributed by atoms with Gasteiger partial charge in [-0.05, 0) is 40.8 Å². The van der Waals surface area contributed by atoms with Crippen molar-refractivity contribution in [2.75, 3.05) is 6.54 Å². The first-order valence-corrected chi connectivity index (χ1v) is 8.32. The predicted octanol–water partition coefficient (Wildman–Crippen LogP) is 4.32. The molecule has 0 saturated heterocycles. The molecule has 0 unspecified atom stereocenters. The Morgan fingerprint density at radius 2 is 1.74 bits per heavy atom. The summed E-state index contributed by atoms with van der Waals surface area (Å²) in [7, 11) is 0. The predicted molar refractivity (Wildman–Crippen MR) is 94.8 cm³/mol. The van der Waals surface area contributed by atoms with Crippen molar-refractivity contribution in [3.8, 4) is 5.75 Å². The van der Waals surface area contributed by atoms with Gasteiger partial charge in [0, 0.05) is 13.1 Å². The third-order valence-corrected chi connectivity index (χ3v) is 4.57. The van der Waals surface area contributed by atoms with Crippen LogP contribution in [0.4, 0.5) is 0 Å². The molecule has 3 aromatic rings. The Morgan fingerprint density at radius 3 is 2.74 bits per heavy atom. The van der Waals surface area contributed by atoms with E-state index in [0.29, 0.717) is 0 Å². The van der Waals surface area contributed by atoms with Gasteiger partial charge in [-0.1, -0.05) is 60.7 Å². The second-order valence-corrected chi connectivity index (χ2v) is 6.16. The molecule has 116 valence electrons. The lowest BCUT2D eigenvalue weighted by Crippen LogP contribution is -2.33. The Kier molecular flexibility index (Phi) is 3.99. The molecule has 2 heteroatoms. The highest BCUT2D eigenvalue weighted by Crippen LogP contribution is 2.26. The minimum absolute atomic E-state index is 0.264. The van der Waals surface area contributed by atoms with Crippen LogP contribution in [0.1, 0.15) is 17.5 Å². The SMILES string of the molecule is c1ccc2c(c1)CC[C@H](CNCc1cccc3ccccc13)O2. The maximum Gasteiger partial charge on any atom is 0.122 e. The summed E-state index contributed by atoms with van der Waals surface area (Å²) in [5.41, 5.74) is 2.68. The average Bonchev–Trinajstić information content (AvgIpc) is 2.62. The van der Waals surface area contributed by atoms with Gasteiger partial charge in [0.05, 0.1) is 0 Å². The lowest BCUT2D eigenvalue weighted by atomic mass is 10.0. The monoisotopic (exact) mass is 303 g/mol. The summed E-state index contributed by atoms with van der Waals surface area (Å²) >= 11 is 0. The van der Waals surface area contributed by atoms with Crippen molar-refractivity contribution in [1.82, 2.24) is 5.32 Å². The summed E-state index contributed by atoms with van der Waals surface area (Å²) in [4.78, 5) is 0. The molecule has 0 fully saturated rings. The smallest absolute Gasteiger partial charge is 0.122 e. The molecule has 0 saturated carbocycles. The topological polar surface area (TPSA) is 21.3 Å². The molecule has 1 aliphatic rings. The third-order valence-electron chi connectivity index (χ3n) is 4.57. The zero-order valence-corrected chi connectivity index (χ0v) is 13.2. The fourth-order valence-corrected chi connectivity index (χ4v) is 3.34.